The van der Waals surface area contributed by atoms with Gasteiger partial charge in [0.05, 0.1) is 5.56 Å². The first-order chi connectivity index (χ1) is 12.2. The summed E-state index contributed by atoms with van der Waals surface area (Å²) in [6, 6.07) is 4.49. The normalized spacial score (nSPS) is 18.3. The van der Waals surface area contributed by atoms with E-state index in [1.807, 2.05) is 18.3 Å². The van der Waals surface area contributed by atoms with Crippen molar-refractivity contribution >= 4 is 5.65 Å². The highest BCUT2D eigenvalue weighted by atomic mass is 16.1. The first-order valence-corrected chi connectivity index (χ1v) is 9.27. The van der Waals surface area contributed by atoms with Gasteiger partial charge < -0.3 is 4.90 Å². The van der Waals surface area contributed by atoms with Crippen molar-refractivity contribution in [2.75, 3.05) is 20.6 Å². The Morgan fingerprint density at radius 3 is 2.73 bits per heavy atom. The van der Waals surface area contributed by atoms with Crippen LogP contribution in [-0.4, -0.2) is 45.9 Å². The van der Waals surface area contributed by atoms with E-state index in [2.05, 4.69) is 56.2 Å². The van der Waals surface area contributed by atoms with Crippen LogP contribution in [-0.2, 0) is 12.0 Å². The Morgan fingerprint density at radius 1 is 1.38 bits per heavy atom. The maximum absolute atomic E-state index is 12.9. The molecule has 2 aromatic heterocycles. The van der Waals surface area contributed by atoms with Crippen molar-refractivity contribution in [1.29, 1.82) is 0 Å². The van der Waals surface area contributed by atoms with Gasteiger partial charge in [0, 0.05) is 44.3 Å². The maximum Gasteiger partial charge on any atom is 0.262 e. The highest BCUT2D eigenvalue weighted by Crippen LogP contribution is 2.24. The molecule has 1 fully saturated rings. The van der Waals surface area contributed by atoms with Crippen LogP contribution < -0.4 is 5.56 Å². The predicted molar refractivity (Wildman–Crippen MR) is 106 cm³/mol. The van der Waals surface area contributed by atoms with E-state index in [4.69, 9.17) is 0 Å². The second-order valence-electron chi connectivity index (χ2n) is 8.55. The van der Waals surface area contributed by atoms with Gasteiger partial charge in [0.25, 0.3) is 5.56 Å². The fourth-order valence-electron chi connectivity index (χ4n) is 3.58. The van der Waals surface area contributed by atoms with Gasteiger partial charge in [-0.2, -0.15) is 0 Å². The molecule has 0 radical (unpaired) electrons. The van der Waals surface area contributed by atoms with E-state index < -0.39 is 0 Å². The van der Waals surface area contributed by atoms with E-state index in [0.29, 0.717) is 18.2 Å². The highest BCUT2D eigenvalue weighted by molar-refractivity contribution is 5.43. The summed E-state index contributed by atoms with van der Waals surface area (Å²) in [5.74, 6) is 0. The van der Waals surface area contributed by atoms with Gasteiger partial charge >= 0.3 is 0 Å². The van der Waals surface area contributed by atoms with Crippen LogP contribution in [0.25, 0.3) is 5.65 Å². The van der Waals surface area contributed by atoms with Crippen LogP contribution in [0, 0.1) is 0 Å². The zero-order chi connectivity index (χ0) is 19.1. The minimum Gasteiger partial charge on any atom is -0.374 e. The number of allylic oxidation sites excluding steroid dienone is 1. The molecule has 0 bridgehead atoms. The molecule has 0 N–H and O–H groups in total. The first kappa shape index (κ1) is 18.6. The van der Waals surface area contributed by atoms with Gasteiger partial charge in [-0.05, 0) is 43.0 Å². The molecule has 0 aromatic carbocycles. The van der Waals surface area contributed by atoms with Gasteiger partial charge in [0.1, 0.15) is 5.65 Å². The molecule has 1 atom stereocenters. The van der Waals surface area contributed by atoms with E-state index in [9.17, 15) is 4.79 Å². The van der Waals surface area contributed by atoms with Crippen LogP contribution in [0.15, 0.2) is 41.6 Å². The number of likely N-dealkylation sites (N-methyl/N-ethyl adjacent to an activating group) is 2. The smallest absolute Gasteiger partial charge is 0.262 e. The molecule has 140 valence electrons. The minimum absolute atomic E-state index is 0.0199. The fourth-order valence-corrected chi connectivity index (χ4v) is 3.58. The third-order valence-electron chi connectivity index (χ3n) is 5.42. The number of pyridine rings is 1. The molecular weight excluding hydrogens is 324 g/mol. The SMILES string of the molecule is C=C1CC[C@H](CN(C)Cc2cnc3cc(C(C)(C)C)ccn3c2=O)N1C. The molecular formula is C21H30N4O. The molecule has 0 unspecified atom stereocenters. The Morgan fingerprint density at radius 2 is 2.12 bits per heavy atom. The summed E-state index contributed by atoms with van der Waals surface area (Å²) in [6.07, 6.45) is 5.77. The molecule has 1 saturated heterocycles. The molecule has 1 aliphatic rings. The predicted octanol–water partition coefficient (Wildman–Crippen LogP) is 3.03. The molecule has 0 saturated carbocycles. The lowest BCUT2D eigenvalue weighted by atomic mass is 9.88. The standard InChI is InChI=1S/C21H30N4O/c1-15-7-8-18(24(15)6)14-23(5)13-16-12-22-19-11-17(21(2,3)4)9-10-25(19)20(16)26/h9-12,18H,1,7-8,13-14H2,2-6H3/t18-/m1/s1. The summed E-state index contributed by atoms with van der Waals surface area (Å²) >= 11 is 0. The lowest BCUT2D eigenvalue weighted by Gasteiger charge is -2.27. The number of aromatic nitrogens is 2. The Bertz CT molecular complexity index is 878. The van der Waals surface area contributed by atoms with Crippen molar-refractivity contribution in [1.82, 2.24) is 19.2 Å². The first-order valence-electron chi connectivity index (χ1n) is 9.27. The Kier molecular flexibility index (Phi) is 4.93. The van der Waals surface area contributed by atoms with Gasteiger partial charge in [-0.15, -0.1) is 0 Å². The van der Waals surface area contributed by atoms with Crippen LogP contribution in [0.3, 0.4) is 0 Å². The second-order valence-corrected chi connectivity index (χ2v) is 8.55. The van der Waals surface area contributed by atoms with Crippen LogP contribution >= 0.6 is 0 Å². The van der Waals surface area contributed by atoms with Crippen molar-refractivity contribution in [2.45, 2.75) is 51.6 Å². The molecule has 0 aliphatic carbocycles. The Balaban J connectivity index is 1.79. The van der Waals surface area contributed by atoms with Gasteiger partial charge in [-0.1, -0.05) is 27.4 Å². The van der Waals surface area contributed by atoms with Gasteiger partial charge in [0.15, 0.2) is 0 Å². The number of hydrogen-bond donors (Lipinski definition) is 0. The summed E-state index contributed by atoms with van der Waals surface area (Å²) in [7, 11) is 4.17. The lowest BCUT2D eigenvalue weighted by molar-refractivity contribution is 0.230. The Hall–Kier alpha value is -2.14. The third kappa shape index (κ3) is 3.68. The van der Waals surface area contributed by atoms with Crippen molar-refractivity contribution in [2.24, 2.45) is 0 Å². The molecule has 3 rings (SSSR count). The van der Waals surface area contributed by atoms with E-state index in [1.165, 1.54) is 11.3 Å². The van der Waals surface area contributed by atoms with Gasteiger partial charge in [-0.25, -0.2) is 4.98 Å². The van der Waals surface area contributed by atoms with E-state index in [0.717, 1.165) is 24.9 Å². The van der Waals surface area contributed by atoms with Crippen molar-refractivity contribution in [3.8, 4) is 0 Å². The van der Waals surface area contributed by atoms with Crippen molar-refractivity contribution < 1.29 is 0 Å². The van der Waals surface area contributed by atoms with E-state index >= 15 is 0 Å². The largest absolute Gasteiger partial charge is 0.374 e. The van der Waals surface area contributed by atoms with Gasteiger partial charge in [0.2, 0.25) is 0 Å². The lowest BCUT2D eigenvalue weighted by Crippen LogP contribution is -2.37. The van der Waals surface area contributed by atoms with Crippen LogP contribution in [0.2, 0.25) is 0 Å². The van der Waals surface area contributed by atoms with Crippen molar-refractivity contribution in [3.05, 3.63) is 58.3 Å². The summed E-state index contributed by atoms with van der Waals surface area (Å²) < 4.78 is 1.65. The summed E-state index contributed by atoms with van der Waals surface area (Å²) in [5, 5.41) is 0. The van der Waals surface area contributed by atoms with Crippen LogP contribution in [0.4, 0.5) is 0 Å². The van der Waals surface area contributed by atoms with Crippen molar-refractivity contribution in [3.63, 3.8) is 0 Å². The monoisotopic (exact) mass is 354 g/mol. The molecule has 2 aromatic rings. The Labute approximate surface area is 156 Å². The number of rotatable bonds is 4. The molecule has 26 heavy (non-hydrogen) atoms. The van der Waals surface area contributed by atoms with E-state index in [1.54, 1.807) is 10.6 Å². The number of likely N-dealkylation sites (tertiary alicyclic amines) is 1. The number of hydrogen-bond acceptors (Lipinski definition) is 4. The molecule has 3 heterocycles. The molecule has 0 amide bonds. The molecule has 5 heteroatoms. The summed E-state index contributed by atoms with van der Waals surface area (Å²) in [6.45, 7) is 12.1. The quantitative estimate of drug-likeness (QED) is 0.846. The highest BCUT2D eigenvalue weighted by Gasteiger charge is 2.24. The van der Waals surface area contributed by atoms with Gasteiger partial charge in [-0.3, -0.25) is 14.1 Å². The molecule has 5 nitrogen and oxygen atoms in total. The minimum atomic E-state index is 0.0199. The molecule has 1 aliphatic heterocycles. The number of fused-ring (bicyclic) bond motifs is 1. The molecule has 0 spiro atoms. The fraction of sp³-hybridized carbons (Fsp3) is 0.524. The topological polar surface area (TPSA) is 40.9 Å². The zero-order valence-corrected chi connectivity index (χ0v) is 16.6. The average molecular weight is 354 g/mol. The van der Waals surface area contributed by atoms with E-state index in [-0.39, 0.29) is 11.0 Å². The van der Waals surface area contributed by atoms with Crippen LogP contribution in [0.1, 0.15) is 44.7 Å². The summed E-state index contributed by atoms with van der Waals surface area (Å²) in [4.78, 5) is 21.9. The maximum atomic E-state index is 12.9. The van der Waals surface area contributed by atoms with Crippen LogP contribution in [0.5, 0.6) is 0 Å². The summed E-state index contributed by atoms with van der Waals surface area (Å²) in [5.41, 5.74) is 3.87. The zero-order valence-electron chi connectivity index (χ0n) is 16.6. The average Bonchev–Trinajstić information content (AvgIpc) is 2.88. The number of nitrogens with zero attached hydrogens (tertiary/aromatic N) is 4. The second kappa shape index (κ2) is 6.88. The third-order valence-corrected chi connectivity index (χ3v) is 5.42.